The van der Waals surface area contributed by atoms with Crippen molar-refractivity contribution in [2.24, 2.45) is 10.7 Å². The van der Waals surface area contributed by atoms with Crippen molar-refractivity contribution in [3.63, 3.8) is 0 Å². The van der Waals surface area contributed by atoms with Gasteiger partial charge in [-0.15, -0.1) is 0 Å². The highest BCUT2D eigenvalue weighted by Crippen LogP contribution is 2.70. The lowest BCUT2D eigenvalue weighted by molar-refractivity contribution is -0.119. The number of anilines is 2. The zero-order chi connectivity index (χ0) is 100. The lowest BCUT2D eigenvalue weighted by atomic mass is 10.1. The highest BCUT2D eigenvalue weighted by molar-refractivity contribution is 8.77. The molecule has 4 aromatic rings. The van der Waals surface area contributed by atoms with Crippen molar-refractivity contribution in [2.45, 2.75) is 114 Å². The summed E-state index contributed by atoms with van der Waals surface area (Å²) in [5.74, 6) is 1.24. The van der Waals surface area contributed by atoms with Crippen molar-refractivity contribution in [2.75, 3.05) is 86.7 Å². The molecule has 10 heterocycles. The number of H-pyrrole nitrogens is 1. The fraction of sp³-hybridized carbons (Fsp3) is 0.588. The van der Waals surface area contributed by atoms with Crippen LogP contribution in [0.4, 0.5) is 11.6 Å². The summed E-state index contributed by atoms with van der Waals surface area (Å²) in [6.45, 7) is 6.46. The number of nitrogens with one attached hydrogen (secondary N) is 2. The number of imidazole rings is 2. The molecule has 64 nitrogen and oxygen atoms in total. The lowest BCUT2D eigenvalue weighted by Crippen LogP contribution is -2.42. The highest BCUT2D eigenvalue weighted by atomic mass is 33.1. The molecule has 0 radical (unpaired) electrons. The van der Waals surface area contributed by atoms with E-state index in [1.807, 2.05) is 25.0 Å². The number of nitrogen functional groups attached to an aromatic ring is 2. The van der Waals surface area contributed by atoms with Gasteiger partial charge in [-0.3, -0.25) is 41.8 Å². The monoisotopic (exact) mass is 2330 g/mol. The summed E-state index contributed by atoms with van der Waals surface area (Å²) in [5, 5.41) is 2.56. The summed E-state index contributed by atoms with van der Waals surface area (Å²) in [6, 6.07) is 1.59. The van der Waals surface area contributed by atoms with E-state index in [9.17, 15) is 104 Å². The first-order valence-electron chi connectivity index (χ1n) is 35.4. The minimum absolute atomic E-state index is 0. The number of rotatable bonds is 48. The van der Waals surface area contributed by atoms with E-state index in [1.54, 1.807) is 33.6 Å². The number of aromatic nitrogens is 7. The minimum atomic E-state index is -5.67. The number of fused-ring (bicyclic) bond motifs is 2. The normalized spacial score (nSPS) is 25.9. The third-order valence-electron chi connectivity index (χ3n) is 16.2. The number of aromatic amines is 1. The molecule has 20 atom stereocenters. The molecule has 84 heteroatoms. The Balaban J connectivity index is 0.000000276. The van der Waals surface area contributed by atoms with Gasteiger partial charge in [0.1, 0.15) is 96.1 Å². The van der Waals surface area contributed by atoms with E-state index in [0.717, 1.165) is 0 Å². The molecule has 24 N–H and O–H groups in total. The molecule has 4 saturated heterocycles. The zero-order valence-electron chi connectivity index (χ0n) is 68.3. The molecule has 0 saturated carbocycles. The van der Waals surface area contributed by atoms with Crippen LogP contribution in [0.2, 0.25) is 0 Å². The number of phosphoric ester groups is 4. The SMILES string of the molecule is C.C=C1N=C(N)C=CN1[C@H]1C[C@H](OCSSC)[C@@H](COP(=O)(O)OP(=O)(O)OP(=O)(O)O)O1.C=C1NC(=O)C(C)=CN1[C@H]1C[C@H](OCSSC)[C@@H](COP(=O)(O)OP(=O)(O)OP(=O)(O)O)O1.CSSCO[C@H]1C[C@H](n2cnc3c(=O)[nH]c(N)nc32)O[C@@H]1COP(=O)(O)OP(=O)(O)OP(=O)(O)O.CSSCO[C@H]1C[C@H](n2cnc3c(N)ccnc32)O[C@@H]1COP(=O)(O)OP(=O)(O)OP(=O)(O)O. The fourth-order valence-corrected chi connectivity index (χ4v) is 26.5. The summed E-state index contributed by atoms with van der Waals surface area (Å²) in [7, 11) is -54.5. The van der Waals surface area contributed by atoms with E-state index in [-0.39, 0.29) is 91.5 Å². The molecule has 4 aromatic heterocycles. The molecule has 135 heavy (non-hydrogen) atoms. The van der Waals surface area contributed by atoms with Gasteiger partial charge in [0.15, 0.2) is 16.8 Å². The first-order chi connectivity index (χ1) is 61.8. The van der Waals surface area contributed by atoms with Crippen LogP contribution in [-0.4, -0.2) is 270 Å². The van der Waals surface area contributed by atoms with Crippen molar-refractivity contribution in [3.05, 3.63) is 84.1 Å². The Bertz CT molecular complexity index is 5530. The van der Waals surface area contributed by atoms with Crippen molar-refractivity contribution in [1.82, 2.24) is 49.2 Å². The van der Waals surface area contributed by atoms with E-state index in [2.05, 4.69) is 96.4 Å². The molecule has 8 unspecified atom stereocenters. The summed E-state index contributed by atoms with van der Waals surface area (Å²) < 4.78 is 235. The van der Waals surface area contributed by atoms with Crippen LogP contribution >= 0.6 is 180 Å². The number of nitrogens with zero attached hydrogens (tertiary/aromatic N) is 9. The summed E-state index contributed by atoms with van der Waals surface area (Å²) in [5.41, 5.74) is 18.4. The second-order valence-corrected chi connectivity index (χ2v) is 53.5. The third kappa shape index (κ3) is 41.9. The van der Waals surface area contributed by atoms with Crippen LogP contribution in [-0.2, 0) is 150 Å². The van der Waals surface area contributed by atoms with Crippen LogP contribution in [0.15, 0.2) is 83.6 Å². The summed E-state index contributed by atoms with van der Waals surface area (Å²) in [4.78, 5) is 194. The number of ether oxygens (including phenoxy) is 8. The summed E-state index contributed by atoms with van der Waals surface area (Å²) >= 11 is 0. The Morgan fingerprint density at radius 3 is 1.13 bits per heavy atom. The van der Waals surface area contributed by atoms with Crippen LogP contribution in [0.1, 0.15) is 52.5 Å². The van der Waals surface area contributed by atoms with Gasteiger partial charge in [0.05, 0.1) is 69.2 Å². The van der Waals surface area contributed by atoms with Gasteiger partial charge < -0.3 is 149 Å². The van der Waals surface area contributed by atoms with E-state index in [4.69, 9.17) is 98.8 Å². The molecule has 0 aliphatic carbocycles. The number of nitrogens with two attached hydrogens (primary N) is 3. The van der Waals surface area contributed by atoms with Crippen molar-refractivity contribution >= 4 is 226 Å². The van der Waals surface area contributed by atoms with Gasteiger partial charge in [0.2, 0.25) is 5.95 Å². The lowest BCUT2D eigenvalue weighted by Gasteiger charge is -2.32. The van der Waals surface area contributed by atoms with E-state index in [1.165, 1.54) is 122 Å². The number of phosphoric acid groups is 12. The first kappa shape index (κ1) is 122. The Morgan fingerprint density at radius 2 is 0.785 bits per heavy atom. The van der Waals surface area contributed by atoms with Crippen LogP contribution in [0.3, 0.4) is 0 Å². The number of hydrogen-bond donors (Lipinski definition) is 21. The van der Waals surface area contributed by atoms with Gasteiger partial charge in [0.25, 0.3) is 11.5 Å². The molecule has 0 spiro atoms. The second kappa shape index (κ2) is 52.5. The number of pyridine rings is 1. The molecule has 0 aromatic carbocycles. The Labute approximate surface area is 793 Å². The molecule has 10 rings (SSSR count). The quantitative estimate of drug-likeness (QED) is 0.00986. The van der Waals surface area contributed by atoms with Crippen molar-refractivity contribution in [3.8, 4) is 0 Å². The molecule has 6 aliphatic heterocycles. The predicted octanol–water partition coefficient (Wildman–Crippen LogP) is 6.38. The van der Waals surface area contributed by atoms with Gasteiger partial charge in [-0.1, -0.05) is 107 Å². The largest absolute Gasteiger partial charge is 0.490 e. The average molecular weight is 2330 g/mol. The molecular formula is C51H90N14O50P12S8. The van der Waals surface area contributed by atoms with Crippen LogP contribution in [0, 0.1) is 0 Å². The van der Waals surface area contributed by atoms with Gasteiger partial charge >= 0.3 is 93.9 Å². The number of carbonyl (C=O) groups excluding carboxylic acids is 1. The number of amides is 1. The van der Waals surface area contributed by atoms with Crippen LogP contribution in [0.25, 0.3) is 22.3 Å². The molecule has 1 amide bonds. The Morgan fingerprint density at radius 1 is 0.459 bits per heavy atom. The fourth-order valence-electron chi connectivity index (χ4n) is 11.3. The second-order valence-electron chi connectivity index (χ2n) is 25.7. The van der Waals surface area contributed by atoms with Crippen LogP contribution in [0.5, 0.6) is 0 Å². The van der Waals surface area contributed by atoms with E-state index in [0.29, 0.717) is 28.2 Å². The van der Waals surface area contributed by atoms with Gasteiger partial charge in [-0.05, 0) is 44.1 Å². The number of carbonyl (C=O) groups is 1. The van der Waals surface area contributed by atoms with E-state index < -0.39 is 200 Å². The molecule has 4 fully saturated rings. The van der Waals surface area contributed by atoms with Gasteiger partial charge in [-0.2, -0.15) is 39.5 Å². The summed E-state index contributed by atoms with van der Waals surface area (Å²) in [6.07, 6.45) is 7.77. The third-order valence-corrected chi connectivity index (χ3v) is 37.3. The maximum Gasteiger partial charge on any atom is 0.490 e. The smallest absolute Gasteiger partial charge is 0.397 e. The minimum Gasteiger partial charge on any atom is -0.397 e. The topological polar surface area (TPSA) is 933 Å². The van der Waals surface area contributed by atoms with E-state index >= 15 is 0 Å². The van der Waals surface area contributed by atoms with Gasteiger partial charge in [0, 0.05) is 49.9 Å². The molecule has 0 bridgehead atoms. The highest BCUT2D eigenvalue weighted by Gasteiger charge is 2.51. The molecular weight excluding hydrogens is 2240 g/mol. The first-order valence-corrected chi connectivity index (χ1v) is 64.4. The Kier molecular flexibility index (Phi) is 47.4. The number of amidine groups is 1. The number of hydrogen-bond acceptors (Lipinski definition) is 52. The van der Waals surface area contributed by atoms with Gasteiger partial charge in [-0.25, -0.2) is 74.7 Å². The molecule has 6 aliphatic rings. The van der Waals surface area contributed by atoms with Crippen LogP contribution < -0.4 is 28.1 Å². The zero-order valence-corrected chi connectivity index (χ0v) is 85.6. The molecule has 772 valence electrons. The van der Waals surface area contributed by atoms with Crippen molar-refractivity contribution in [1.29, 1.82) is 0 Å². The standard InChI is InChI=1S/C13H21N4O12P3S2.C13H23N2O13P3S2.C12H20N5O13P3S2.C12H22N3O12P3S2.CH4/c1-33-34-7-25-9-4-11(17-6-16-12-8(14)2-3-15-13(12)17)27-10(9)5-26-31(21,22)29-32(23,24)28-30(18,19)20;1-8-5-15(9(2)14-13(8)16)12-4-10(24-7-33-32-3)11(26-12)6-25-30(20,21)28-31(22,23)27-29(17,18)19;1-34-35-5-26-6-2-8(17-4-14-9-10(17)15-12(13)16-11(9)18)28-7(6)3-27-32(22,23)30-33(24,25)29-31(19,20)21;1-8-14-11(13)3-4-15(8)12-5-9(23-7-32-31-2)10(25-12)6-24-29(19,20)27-30(21,22)26-28(16,17)18;/h2-3,6,9-11H,4-5,7H2,1H3,(H2,14,15)(H,21,22)(H,23,24)(H2,18,19,20);5,10-12H,2,4,6-7H2,1,3H3,(H,14,16)(H,20,21)(H,22,23)(H2,17,18,19);4,6-8H,2-3,5H2,1H3,(H,22,23)(H,24,25)(H2,19,20,21)(H3,13,15,16,18);3-4,9-10,12H,1,5-7H2,2H3,(H2,13,14)(H,19,20)(H,21,22)(H2,16,17,18);1H4/t9-,10+,11+;10-,11+,12+;6-,7+,8+;9-,10+,12+;/m0000./s1. The predicted molar refractivity (Wildman–Crippen MR) is 482 cm³/mol. The average Bonchev–Trinajstić information content (AvgIpc) is 1.61. The maximum absolute atomic E-state index is 12.1. The number of aliphatic imine (C=N–C) groups is 1. The Hall–Kier alpha value is -1.81. The maximum atomic E-state index is 12.1. The van der Waals surface area contributed by atoms with Crippen molar-refractivity contribution < 1.29 is 228 Å².